The van der Waals surface area contributed by atoms with E-state index < -0.39 is 16.8 Å². The second-order valence-corrected chi connectivity index (χ2v) is 22.7. The van der Waals surface area contributed by atoms with Crippen LogP contribution in [0.15, 0.2) is 134 Å². The first-order valence-electron chi connectivity index (χ1n) is 24.3. The Labute approximate surface area is 403 Å². The predicted molar refractivity (Wildman–Crippen MR) is 283 cm³/mol. The van der Waals surface area contributed by atoms with Crippen LogP contribution in [0.25, 0.3) is 88.3 Å². The van der Waals surface area contributed by atoms with E-state index in [0.29, 0.717) is 33.6 Å². The Bertz CT molecular complexity index is 3700. The lowest BCUT2D eigenvalue weighted by Gasteiger charge is -2.48. The summed E-state index contributed by atoms with van der Waals surface area (Å²) in [5.41, 5.74) is 12.2. The van der Waals surface area contributed by atoms with Gasteiger partial charge in [0.05, 0.1) is 16.5 Å². The number of aromatic nitrogens is 1. The van der Waals surface area contributed by atoms with Gasteiger partial charge in [-0.3, -0.25) is 0 Å². The third kappa shape index (κ3) is 7.78. The Balaban J connectivity index is 0.911. The van der Waals surface area contributed by atoms with Crippen LogP contribution in [0.2, 0.25) is 0 Å². The SMILES string of the molecule is Cn1c2cc(-c3ccc(-c4cc5cc6c7c(c5oc4=O)C(C)(C)CCN7CCC6(C)C)cc3)ccc2c2ccc(-c3cccc(-c4cc5c(OC(C)(C)C)cc(OC(C)(C)C)cc5oc4=O)c3)cc21. The Morgan fingerprint density at radius 1 is 0.551 bits per heavy atom. The minimum atomic E-state index is -0.494. The molecule has 6 aromatic carbocycles. The summed E-state index contributed by atoms with van der Waals surface area (Å²) in [7, 11) is 2.11. The molecule has 0 saturated heterocycles. The van der Waals surface area contributed by atoms with Gasteiger partial charge in [0.25, 0.3) is 0 Å². The summed E-state index contributed by atoms with van der Waals surface area (Å²) in [4.78, 5) is 30.1. The average molecular weight is 917 g/mol. The van der Waals surface area contributed by atoms with E-state index in [1.54, 1.807) is 6.07 Å². The van der Waals surface area contributed by atoms with Gasteiger partial charge in [0.1, 0.15) is 33.9 Å². The zero-order valence-electron chi connectivity index (χ0n) is 41.6. The molecule has 0 radical (unpaired) electrons. The fourth-order valence-electron chi connectivity index (χ4n) is 10.8. The van der Waals surface area contributed by atoms with Gasteiger partial charge in [-0.25, -0.2) is 9.59 Å². The molecule has 3 aromatic heterocycles. The van der Waals surface area contributed by atoms with Crippen molar-refractivity contribution in [3.63, 3.8) is 0 Å². The van der Waals surface area contributed by atoms with Crippen molar-refractivity contribution in [1.29, 1.82) is 0 Å². The van der Waals surface area contributed by atoms with E-state index in [-0.39, 0.29) is 16.5 Å². The first kappa shape index (κ1) is 44.4. The Kier molecular flexibility index (Phi) is 9.97. The molecule has 0 fully saturated rings. The van der Waals surface area contributed by atoms with E-state index in [9.17, 15) is 9.59 Å². The number of nitrogens with zero attached hydrogens (tertiary/aromatic N) is 2. The summed E-state index contributed by atoms with van der Waals surface area (Å²) in [6.07, 6.45) is 2.12. The van der Waals surface area contributed by atoms with Crippen molar-refractivity contribution in [3.05, 3.63) is 147 Å². The van der Waals surface area contributed by atoms with Crippen LogP contribution in [0.4, 0.5) is 5.69 Å². The van der Waals surface area contributed by atoms with Crippen molar-refractivity contribution in [1.82, 2.24) is 4.57 Å². The lowest BCUT2D eigenvalue weighted by molar-refractivity contribution is 0.122. The number of anilines is 1. The molecule has 11 rings (SSSR count). The zero-order chi connectivity index (χ0) is 48.5. The average Bonchev–Trinajstić information content (AvgIpc) is 3.56. The van der Waals surface area contributed by atoms with Crippen molar-refractivity contribution in [2.45, 2.75) is 104 Å². The van der Waals surface area contributed by atoms with E-state index in [1.807, 2.05) is 84.0 Å². The van der Waals surface area contributed by atoms with E-state index in [0.717, 1.165) is 92.1 Å². The number of rotatable bonds is 6. The molecule has 8 heteroatoms. The Morgan fingerprint density at radius 2 is 1.12 bits per heavy atom. The molecular formula is C61H60N2O6. The number of ether oxygens (including phenoxy) is 2. The van der Waals surface area contributed by atoms with E-state index in [4.69, 9.17) is 18.3 Å². The van der Waals surface area contributed by atoms with Gasteiger partial charge < -0.3 is 27.8 Å². The molecule has 2 aliphatic rings. The van der Waals surface area contributed by atoms with Crippen molar-refractivity contribution < 1.29 is 18.3 Å². The summed E-state index contributed by atoms with van der Waals surface area (Å²) < 4.78 is 27.2. The quantitative estimate of drug-likeness (QED) is 0.154. The minimum absolute atomic E-state index is 0.0298. The fraction of sp³-hybridized carbons (Fsp3) is 0.311. The molecule has 69 heavy (non-hydrogen) atoms. The molecule has 350 valence electrons. The van der Waals surface area contributed by atoms with Gasteiger partial charge in [-0.15, -0.1) is 0 Å². The molecule has 0 amide bonds. The van der Waals surface area contributed by atoms with Gasteiger partial charge in [0.15, 0.2) is 0 Å². The summed E-state index contributed by atoms with van der Waals surface area (Å²) in [5, 5.41) is 4.01. The van der Waals surface area contributed by atoms with Gasteiger partial charge in [-0.05, 0) is 141 Å². The first-order chi connectivity index (χ1) is 32.6. The fourth-order valence-corrected chi connectivity index (χ4v) is 10.8. The van der Waals surface area contributed by atoms with Gasteiger partial charge in [-0.1, -0.05) is 94.4 Å². The van der Waals surface area contributed by atoms with Crippen molar-refractivity contribution >= 4 is 49.4 Å². The Hall–Kier alpha value is -7.06. The molecule has 5 heterocycles. The highest BCUT2D eigenvalue weighted by molar-refractivity contribution is 6.10. The van der Waals surface area contributed by atoms with Crippen LogP contribution in [-0.2, 0) is 17.9 Å². The summed E-state index contributed by atoms with van der Waals surface area (Å²) in [6, 6.07) is 39.3. The number of aryl methyl sites for hydroxylation is 1. The maximum absolute atomic E-state index is 13.9. The van der Waals surface area contributed by atoms with Crippen LogP contribution in [0.1, 0.15) is 93.2 Å². The molecule has 8 nitrogen and oxygen atoms in total. The normalized spacial score (nSPS) is 15.6. The topological polar surface area (TPSA) is 87.1 Å². The molecule has 0 saturated carbocycles. The van der Waals surface area contributed by atoms with Crippen LogP contribution in [-0.4, -0.2) is 28.9 Å². The lowest BCUT2D eigenvalue weighted by atomic mass is 9.69. The predicted octanol–water partition coefficient (Wildman–Crippen LogP) is 14.7. The summed E-state index contributed by atoms with van der Waals surface area (Å²) in [6.45, 7) is 23.2. The zero-order valence-corrected chi connectivity index (χ0v) is 41.6. The lowest BCUT2D eigenvalue weighted by Crippen LogP contribution is -2.44. The van der Waals surface area contributed by atoms with Crippen LogP contribution in [0, 0.1) is 0 Å². The molecule has 0 bridgehead atoms. The minimum Gasteiger partial charge on any atom is -0.488 e. The third-order valence-corrected chi connectivity index (χ3v) is 14.4. The monoisotopic (exact) mass is 916 g/mol. The van der Waals surface area contributed by atoms with Crippen LogP contribution in [0.3, 0.4) is 0 Å². The number of hydrogen-bond donors (Lipinski definition) is 0. The smallest absolute Gasteiger partial charge is 0.344 e. The van der Waals surface area contributed by atoms with Gasteiger partial charge >= 0.3 is 11.3 Å². The second kappa shape index (κ2) is 15.5. The molecule has 0 N–H and O–H groups in total. The molecule has 0 atom stereocenters. The van der Waals surface area contributed by atoms with Crippen LogP contribution in [0.5, 0.6) is 11.5 Å². The highest BCUT2D eigenvalue weighted by Crippen LogP contribution is 2.52. The van der Waals surface area contributed by atoms with Gasteiger partial charge in [-0.2, -0.15) is 0 Å². The Morgan fingerprint density at radius 3 is 1.78 bits per heavy atom. The second-order valence-electron chi connectivity index (χ2n) is 22.7. The van der Waals surface area contributed by atoms with E-state index in [1.165, 1.54) is 16.8 Å². The highest BCUT2D eigenvalue weighted by Gasteiger charge is 2.42. The van der Waals surface area contributed by atoms with E-state index in [2.05, 4.69) is 111 Å². The summed E-state index contributed by atoms with van der Waals surface area (Å²) in [5.74, 6) is 1.16. The molecular weight excluding hydrogens is 857 g/mol. The third-order valence-electron chi connectivity index (χ3n) is 14.4. The number of benzene rings is 6. The maximum atomic E-state index is 13.9. The first-order valence-corrected chi connectivity index (χ1v) is 24.3. The standard InChI is InChI=1S/C61H60N2O6/c1-58(2,3)68-42-32-51-47(52(33-42)69-59(4,5)6)34-46(56(64)66-51)40-14-12-13-37(27-40)39-20-22-44-43-21-19-38(30-49(43)62(11)50(44)31-39)35-15-17-36(18-16-35)45-28-41-29-48-54-53(55(41)67-57(45)65)61(9,10)24-26-63(54)25-23-60(48,7)8/h12-22,27-34H,23-26H2,1-11H3. The largest absolute Gasteiger partial charge is 0.488 e. The molecule has 9 aromatic rings. The van der Waals surface area contributed by atoms with Crippen molar-refractivity contribution in [3.8, 4) is 56.0 Å². The number of hydrogen-bond acceptors (Lipinski definition) is 7. The van der Waals surface area contributed by atoms with Crippen molar-refractivity contribution in [2.24, 2.45) is 7.05 Å². The van der Waals surface area contributed by atoms with Crippen molar-refractivity contribution in [2.75, 3.05) is 18.0 Å². The molecule has 0 unspecified atom stereocenters. The van der Waals surface area contributed by atoms with Crippen LogP contribution < -0.4 is 25.6 Å². The van der Waals surface area contributed by atoms with Gasteiger partial charge in [0, 0.05) is 70.7 Å². The highest BCUT2D eigenvalue weighted by atomic mass is 16.5. The maximum Gasteiger partial charge on any atom is 0.344 e. The van der Waals surface area contributed by atoms with Crippen LogP contribution >= 0.6 is 0 Å². The molecule has 0 spiro atoms. The molecule has 0 aliphatic carbocycles. The molecule has 2 aliphatic heterocycles. The number of fused-ring (bicyclic) bond motifs is 6. The summed E-state index contributed by atoms with van der Waals surface area (Å²) >= 11 is 0. The van der Waals surface area contributed by atoms with E-state index >= 15 is 0 Å². The van der Waals surface area contributed by atoms with Gasteiger partial charge in [0.2, 0.25) is 0 Å².